The number of aliphatic hydroxyl groups is 1. The minimum Gasteiger partial charge on any atom is -0.462 e. The van der Waals surface area contributed by atoms with Crippen LogP contribution in [0.2, 0.25) is 0 Å². The molecular formula is C77H150O17P2. The molecule has 0 amide bonds. The minimum atomic E-state index is -4.96. The molecule has 2 unspecified atom stereocenters. The van der Waals surface area contributed by atoms with Crippen LogP contribution >= 0.6 is 15.6 Å². The first-order chi connectivity index (χ1) is 46.2. The summed E-state index contributed by atoms with van der Waals surface area (Å²) < 4.78 is 68.4. The van der Waals surface area contributed by atoms with Gasteiger partial charge in [0.05, 0.1) is 26.4 Å². The summed E-state index contributed by atoms with van der Waals surface area (Å²) >= 11 is 0. The average Bonchev–Trinajstić information content (AvgIpc) is 1.70. The molecule has 0 aliphatic heterocycles. The lowest BCUT2D eigenvalue weighted by molar-refractivity contribution is -0.161. The molecule has 0 aliphatic carbocycles. The minimum absolute atomic E-state index is 0.105. The van der Waals surface area contributed by atoms with Crippen LogP contribution in [-0.4, -0.2) is 96.7 Å². The van der Waals surface area contributed by atoms with Gasteiger partial charge in [0.2, 0.25) is 0 Å². The smallest absolute Gasteiger partial charge is 0.462 e. The van der Waals surface area contributed by atoms with E-state index in [1.165, 1.54) is 193 Å². The SMILES string of the molecule is CCCCCCCCCC(=O)OC[C@H](COP(=O)(O)OC[C@H](O)COP(=O)(O)OC[C@@H](COC(=O)CCCCCCCCCCCCCCCCCC(C)C)OC(=O)CCCCCCCCCCCCCCCCCCC(C)C)OC(=O)CCCCCCCCCCCC(C)C. The van der Waals surface area contributed by atoms with Crippen molar-refractivity contribution >= 4 is 39.5 Å². The molecule has 0 aromatic carbocycles. The Labute approximate surface area is 588 Å². The van der Waals surface area contributed by atoms with Crippen LogP contribution in [0.1, 0.15) is 395 Å². The van der Waals surface area contributed by atoms with Gasteiger partial charge >= 0.3 is 39.5 Å². The number of carbonyl (C=O) groups excluding carboxylic acids is 4. The highest BCUT2D eigenvalue weighted by Gasteiger charge is 2.30. The van der Waals surface area contributed by atoms with Gasteiger partial charge in [-0.3, -0.25) is 37.3 Å². The molecule has 0 bridgehead atoms. The molecule has 570 valence electrons. The number of rotatable bonds is 75. The van der Waals surface area contributed by atoms with E-state index in [0.29, 0.717) is 25.7 Å². The molecule has 0 radical (unpaired) electrons. The number of phosphoric acid groups is 2. The summed E-state index contributed by atoms with van der Waals surface area (Å²) in [5, 5.41) is 10.6. The number of carbonyl (C=O) groups is 4. The lowest BCUT2D eigenvalue weighted by atomic mass is 10.0. The molecule has 0 spiro atoms. The van der Waals surface area contributed by atoms with Crippen molar-refractivity contribution in [3.05, 3.63) is 0 Å². The third-order valence-electron chi connectivity index (χ3n) is 17.9. The van der Waals surface area contributed by atoms with Crippen molar-refractivity contribution in [3.8, 4) is 0 Å². The van der Waals surface area contributed by atoms with Gasteiger partial charge in [0.1, 0.15) is 19.3 Å². The van der Waals surface area contributed by atoms with Crippen LogP contribution in [0.25, 0.3) is 0 Å². The Morgan fingerprint density at radius 1 is 0.281 bits per heavy atom. The van der Waals surface area contributed by atoms with E-state index >= 15 is 0 Å². The van der Waals surface area contributed by atoms with Gasteiger partial charge in [-0.05, 0) is 43.4 Å². The van der Waals surface area contributed by atoms with Crippen LogP contribution in [0.4, 0.5) is 0 Å². The zero-order valence-corrected chi connectivity index (χ0v) is 64.6. The molecule has 5 atom stereocenters. The summed E-state index contributed by atoms with van der Waals surface area (Å²) in [5.41, 5.74) is 0. The molecule has 19 heteroatoms. The Balaban J connectivity index is 5.18. The van der Waals surface area contributed by atoms with Gasteiger partial charge in [-0.1, -0.05) is 344 Å². The molecule has 0 fully saturated rings. The van der Waals surface area contributed by atoms with Gasteiger partial charge < -0.3 is 33.8 Å². The van der Waals surface area contributed by atoms with E-state index in [2.05, 4.69) is 48.5 Å². The van der Waals surface area contributed by atoms with E-state index < -0.39 is 97.5 Å². The van der Waals surface area contributed by atoms with Gasteiger partial charge in [-0.25, -0.2) is 9.13 Å². The zero-order chi connectivity index (χ0) is 70.9. The van der Waals surface area contributed by atoms with Crippen molar-refractivity contribution in [1.29, 1.82) is 0 Å². The van der Waals surface area contributed by atoms with E-state index in [9.17, 15) is 43.2 Å². The predicted octanol–water partition coefficient (Wildman–Crippen LogP) is 22.6. The second-order valence-electron chi connectivity index (χ2n) is 29.2. The molecule has 0 aliphatic rings. The number of hydrogen-bond donors (Lipinski definition) is 3. The fraction of sp³-hybridized carbons (Fsp3) is 0.948. The Bertz CT molecular complexity index is 1870. The Morgan fingerprint density at radius 2 is 0.479 bits per heavy atom. The molecule has 17 nitrogen and oxygen atoms in total. The number of hydrogen-bond acceptors (Lipinski definition) is 15. The predicted molar refractivity (Wildman–Crippen MR) is 391 cm³/mol. The van der Waals surface area contributed by atoms with Crippen molar-refractivity contribution < 1.29 is 80.2 Å². The Morgan fingerprint density at radius 3 is 0.708 bits per heavy atom. The van der Waals surface area contributed by atoms with E-state index in [0.717, 1.165) is 120 Å². The van der Waals surface area contributed by atoms with Gasteiger partial charge in [0.15, 0.2) is 12.2 Å². The largest absolute Gasteiger partial charge is 0.472 e. The fourth-order valence-electron chi connectivity index (χ4n) is 11.8. The van der Waals surface area contributed by atoms with E-state index in [1.807, 2.05) is 0 Å². The third kappa shape index (κ3) is 70.5. The number of esters is 4. The average molecular weight is 1410 g/mol. The van der Waals surface area contributed by atoms with Gasteiger partial charge in [-0.15, -0.1) is 0 Å². The monoisotopic (exact) mass is 1410 g/mol. The zero-order valence-electron chi connectivity index (χ0n) is 62.8. The molecule has 0 rings (SSSR count). The van der Waals surface area contributed by atoms with Crippen LogP contribution in [0.3, 0.4) is 0 Å². The second-order valence-corrected chi connectivity index (χ2v) is 32.1. The molecule has 96 heavy (non-hydrogen) atoms. The quantitative estimate of drug-likeness (QED) is 0.0222. The standard InChI is InChI=1S/C77H150O17P2/c1-8-9-10-11-34-44-51-58-74(79)87-64-72(93-77(82)61-54-47-40-33-27-30-37-43-50-57-70(6)7)66-91-95(83,84)89-62-71(78)63-90-96(85,86)92-67-73(65-88-75(80)59-52-45-38-31-25-21-18-14-16-20-24-29-36-42-49-56-69(4)5)94-76(81)60-53-46-39-32-26-22-17-13-12-15-19-23-28-35-41-48-55-68(2)3/h68-73,78H,8-67H2,1-7H3,(H,83,84)(H,85,86)/t71-,72+,73+/m0/s1. The van der Waals surface area contributed by atoms with E-state index in [-0.39, 0.29) is 25.7 Å². The summed E-state index contributed by atoms with van der Waals surface area (Å²) in [6, 6.07) is 0. The lowest BCUT2D eigenvalue weighted by Gasteiger charge is -2.21. The second kappa shape index (κ2) is 67.5. The van der Waals surface area contributed by atoms with Crippen LogP contribution in [-0.2, 0) is 65.4 Å². The summed E-state index contributed by atoms with van der Waals surface area (Å²) in [4.78, 5) is 72.7. The van der Waals surface area contributed by atoms with Crippen molar-refractivity contribution in [2.75, 3.05) is 39.6 Å². The van der Waals surface area contributed by atoms with Crippen LogP contribution in [0, 0.1) is 17.8 Å². The maximum atomic E-state index is 13.1. The number of unbranched alkanes of at least 4 members (excludes halogenated alkanes) is 43. The molecule has 0 aromatic heterocycles. The van der Waals surface area contributed by atoms with Crippen LogP contribution < -0.4 is 0 Å². The van der Waals surface area contributed by atoms with Crippen LogP contribution in [0.5, 0.6) is 0 Å². The van der Waals surface area contributed by atoms with Crippen molar-refractivity contribution in [2.24, 2.45) is 17.8 Å². The first kappa shape index (κ1) is 94.1. The van der Waals surface area contributed by atoms with E-state index in [4.69, 9.17) is 37.0 Å². The number of phosphoric ester groups is 2. The maximum Gasteiger partial charge on any atom is 0.472 e. The highest BCUT2D eigenvalue weighted by atomic mass is 31.2. The summed E-state index contributed by atoms with van der Waals surface area (Å²) in [5.74, 6) is 0.231. The molecule has 0 heterocycles. The van der Waals surface area contributed by atoms with Crippen molar-refractivity contribution in [1.82, 2.24) is 0 Å². The number of aliphatic hydroxyl groups excluding tert-OH is 1. The molecular weight excluding hydrogens is 1260 g/mol. The normalized spacial score (nSPS) is 14.1. The van der Waals surface area contributed by atoms with Crippen molar-refractivity contribution in [2.45, 2.75) is 414 Å². The summed E-state index contributed by atoms with van der Waals surface area (Å²) in [6.45, 7) is 11.9. The van der Waals surface area contributed by atoms with Crippen molar-refractivity contribution in [3.63, 3.8) is 0 Å². The van der Waals surface area contributed by atoms with Gasteiger partial charge in [-0.2, -0.15) is 0 Å². The summed E-state index contributed by atoms with van der Waals surface area (Å²) in [7, 11) is -9.91. The first-order valence-electron chi connectivity index (χ1n) is 39.8. The number of ether oxygens (including phenoxy) is 4. The third-order valence-corrected chi connectivity index (χ3v) is 19.8. The van der Waals surface area contributed by atoms with Gasteiger partial charge in [0, 0.05) is 25.7 Å². The fourth-order valence-corrected chi connectivity index (χ4v) is 13.4. The highest BCUT2D eigenvalue weighted by Crippen LogP contribution is 2.45. The van der Waals surface area contributed by atoms with Gasteiger partial charge in [0.25, 0.3) is 0 Å². The molecule has 0 saturated heterocycles. The Hall–Kier alpha value is -1.94. The topological polar surface area (TPSA) is 237 Å². The van der Waals surface area contributed by atoms with Crippen LogP contribution in [0.15, 0.2) is 0 Å². The molecule has 0 saturated carbocycles. The van der Waals surface area contributed by atoms with E-state index in [1.54, 1.807) is 0 Å². The first-order valence-corrected chi connectivity index (χ1v) is 42.8. The Kier molecular flexibility index (Phi) is 66.2. The molecule has 3 N–H and O–H groups in total. The summed E-state index contributed by atoms with van der Waals surface area (Å²) in [6.07, 6.45) is 54.3. The lowest BCUT2D eigenvalue weighted by Crippen LogP contribution is -2.30. The highest BCUT2D eigenvalue weighted by molar-refractivity contribution is 7.47. The maximum absolute atomic E-state index is 13.1. The molecule has 0 aromatic rings.